The molecule has 1 N–H and O–H groups in total. The predicted molar refractivity (Wildman–Crippen MR) is 74.9 cm³/mol. The lowest BCUT2D eigenvalue weighted by molar-refractivity contribution is -0.274. The highest BCUT2D eigenvalue weighted by atomic mass is 32.2. The van der Waals surface area contributed by atoms with Gasteiger partial charge in [-0.15, -0.1) is 13.2 Å². The van der Waals surface area contributed by atoms with Crippen molar-refractivity contribution in [2.24, 2.45) is 4.40 Å². The van der Waals surface area contributed by atoms with E-state index in [0.717, 1.165) is 12.1 Å². The zero-order valence-corrected chi connectivity index (χ0v) is 12.8. The van der Waals surface area contributed by atoms with E-state index in [1.807, 2.05) is 0 Å². The van der Waals surface area contributed by atoms with Crippen molar-refractivity contribution in [1.82, 2.24) is 0 Å². The van der Waals surface area contributed by atoms with Crippen LogP contribution in [0.5, 0.6) is 11.5 Å². The minimum absolute atomic E-state index is 0.196. The van der Waals surface area contributed by atoms with Crippen LogP contribution in [0.1, 0.15) is 33.3 Å². The molecular formula is C13H16F3NO3S. The maximum Gasteiger partial charge on any atom is 0.573 e. The second kappa shape index (κ2) is 6.05. The SMILES string of the molecule is CC(=N[S@@](=O)C(C)(C)C)c1ccc(OC(F)(F)F)cc1O. The fourth-order valence-electron chi connectivity index (χ4n) is 1.32. The first-order valence-electron chi connectivity index (χ1n) is 5.96. The number of nitrogens with zero attached hydrogens (tertiary/aromatic N) is 1. The van der Waals surface area contributed by atoms with Gasteiger partial charge in [-0.25, -0.2) is 4.21 Å². The number of phenols is 1. The molecule has 0 unspecified atom stereocenters. The van der Waals surface area contributed by atoms with Gasteiger partial charge in [0, 0.05) is 11.6 Å². The quantitative estimate of drug-likeness (QED) is 0.865. The smallest absolute Gasteiger partial charge is 0.507 e. The van der Waals surface area contributed by atoms with E-state index in [1.54, 1.807) is 20.8 Å². The summed E-state index contributed by atoms with van der Waals surface area (Å²) < 4.78 is 55.2. The Morgan fingerprint density at radius 2 is 1.86 bits per heavy atom. The van der Waals surface area contributed by atoms with Crippen LogP contribution in [0.2, 0.25) is 0 Å². The molecule has 1 aromatic rings. The topological polar surface area (TPSA) is 58.9 Å². The lowest BCUT2D eigenvalue weighted by Gasteiger charge is -2.15. The van der Waals surface area contributed by atoms with Crippen molar-refractivity contribution in [2.45, 2.75) is 38.8 Å². The van der Waals surface area contributed by atoms with E-state index in [4.69, 9.17) is 0 Å². The minimum Gasteiger partial charge on any atom is -0.507 e. The highest BCUT2D eigenvalue weighted by molar-refractivity contribution is 7.85. The zero-order chi connectivity index (χ0) is 16.4. The Bertz CT molecular complexity index is 577. The zero-order valence-electron chi connectivity index (χ0n) is 12.0. The summed E-state index contributed by atoms with van der Waals surface area (Å²) >= 11 is 0. The van der Waals surface area contributed by atoms with E-state index in [-0.39, 0.29) is 11.3 Å². The molecule has 0 aromatic heterocycles. The maximum absolute atomic E-state index is 12.1. The van der Waals surface area contributed by atoms with Crippen molar-refractivity contribution < 1.29 is 27.2 Å². The lowest BCUT2D eigenvalue weighted by atomic mass is 10.1. The highest BCUT2D eigenvalue weighted by Crippen LogP contribution is 2.29. The van der Waals surface area contributed by atoms with Crippen molar-refractivity contribution in [3.8, 4) is 11.5 Å². The predicted octanol–water partition coefficient (Wildman–Crippen LogP) is 3.56. The second-order valence-electron chi connectivity index (χ2n) is 5.26. The Morgan fingerprint density at radius 3 is 2.29 bits per heavy atom. The van der Waals surface area contributed by atoms with Crippen LogP contribution in [0.3, 0.4) is 0 Å². The van der Waals surface area contributed by atoms with Gasteiger partial charge in [0.15, 0.2) is 0 Å². The van der Waals surface area contributed by atoms with Crippen LogP contribution in [-0.2, 0) is 11.0 Å². The second-order valence-corrected chi connectivity index (χ2v) is 7.17. The fraction of sp³-hybridized carbons (Fsp3) is 0.462. The van der Waals surface area contributed by atoms with Crippen LogP contribution in [0.15, 0.2) is 22.6 Å². The number of aromatic hydroxyl groups is 1. The van der Waals surface area contributed by atoms with Crippen molar-refractivity contribution in [3.63, 3.8) is 0 Å². The molecule has 0 saturated heterocycles. The molecule has 0 heterocycles. The molecule has 0 aliphatic carbocycles. The van der Waals surface area contributed by atoms with Crippen molar-refractivity contribution in [3.05, 3.63) is 23.8 Å². The summed E-state index contributed by atoms with van der Waals surface area (Å²) in [4.78, 5) is 0. The molecule has 8 heteroatoms. The number of phenolic OH excluding ortho intramolecular Hbond substituents is 1. The molecule has 1 atom stereocenters. The van der Waals surface area contributed by atoms with E-state index >= 15 is 0 Å². The number of benzene rings is 1. The molecule has 1 rings (SSSR count). The monoisotopic (exact) mass is 323 g/mol. The molecule has 21 heavy (non-hydrogen) atoms. The summed E-state index contributed by atoms with van der Waals surface area (Å²) in [6, 6.07) is 3.12. The number of rotatable bonds is 3. The number of hydrogen-bond donors (Lipinski definition) is 1. The van der Waals surface area contributed by atoms with Gasteiger partial charge >= 0.3 is 6.36 Å². The normalized spacial score (nSPS) is 14.9. The van der Waals surface area contributed by atoms with Gasteiger partial charge in [-0.1, -0.05) is 0 Å². The molecule has 0 radical (unpaired) electrons. The molecule has 0 bridgehead atoms. The van der Waals surface area contributed by atoms with E-state index < -0.39 is 33.6 Å². The van der Waals surface area contributed by atoms with Gasteiger partial charge in [0.05, 0.1) is 10.5 Å². The Balaban J connectivity index is 3.05. The Morgan fingerprint density at radius 1 is 1.29 bits per heavy atom. The van der Waals surface area contributed by atoms with Crippen LogP contribution >= 0.6 is 0 Å². The highest BCUT2D eigenvalue weighted by Gasteiger charge is 2.31. The van der Waals surface area contributed by atoms with Gasteiger partial charge in [-0.05, 0) is 39.8 Å². The molecule has 118 valence electrons. The fourth-order valence-corrected chi connectivity index (χ4v) is 1.95. The van der Waals surface area contributed by atoms with Crippen LogP contribution in [0.4, 0.5) is 13.2 Å². The van der Waals surface area contributed by atoms with Crippen LogP contribution in [0.25, 0.3) is 0 Å². The summed E-state index contributed by atoms with van der Waals surface area (Å²) in [5.74, 6) is -0.961. The molecule has 0 fully saturated rings. The number of alkyl halides is 3. The van der Waals surface area contributed by atoms with Crippen LogP contribution < -0.4 is 4.74 Å². The third-order valence-electron chi connectivity index (χ3n) is 2.34. The first-order valence-corrected chi connectivity index (χ1v) is 7.07. The van der Waals surface area contributed by atoms with Crippen LogP contribution in [-0.4, -0.2) is 26.1 Å². The summed E-state index contributed by atoms with van der Waals surface area (Å²) in [6.45, 7) is 6.73. The Kier molecular flexibility index (Phi) is 5.03. The average molecular weight is 323 g/mol. The molecule has 0 aliphatic rings. The van der Waals surface area contributed by atoms with Gasteiger partial charge in [-0.3, -0.25) is 0 Å². The summed E-state index contributed by atoms with van der Waals surface area (Å²) in [6.07, 6.45) is -4.83. The summed E-state index contributed by atoms with van der Waals surface area (Å²) in [5.41, 5.74) is 0.460. The molecule has 0 spiro atoms. The summed E-state index contributed by atoms with van der Waals surface area (Å²) in [5, 5.41) is 9.75. The molecule has 0 saturated carbocycles. The lowest BCUT2D eigenvalue weighted by Crippen LogP contribution is -2.20. The number of ether oxygens (including phenoxy) is 1. The van der Waals surface area contributed by atoms with Gasteiger partial charge in [-0.2, -0.15) is 4.40 Å². The molecule has 0 aliphatic heterocycles. The van der Waals surface area contributed by atoms with Gasteiger partial charge in [0.1, 0.15) is 22.5 Å². The summed E-state index contributed by atoms with van der Waals surface area (Å²) in [7, 11) is -1.53. The Hall–Kier alpha value is -1.57. The van der Waals surface area contributed by atoms with Gasteiger partial charge < -0.3 is 9.84 Å². The van der Waals surface area contributed by atoms with Gasteiger partial charge in [0.25, 0.3) is 0 Å². The molecule has 0 amide bonds. The van der Waals surface area contributed by atoms with E-state index in [9.17, 15) is 22.5 Å². The van der Waals surface area contributed by atoms with E-state index in [2.05, 4.69) is 9.13 Å². The average Bonchev–Trinajstić information content (AvgIpc) is 2.24. The maximum atomic E-state index is 12.1. The van der Waals surface area contributed by atoms with E-state index in [0.29, 0.717) is 0 Å². The van der Waals surface area contributed by atoms with E-state index in [1.165, 1.54) is 13.0 Å². The van der Waals surface area contributed by atoms with Crippen molar-refractivity contribution >= 4 is 16.7 Å². The third-order valence-corrected chi connectivity index (χ3v) is 3.82. The third kappa shape index (κ3) is 5.37. The minimum atomic E-state index is -4.83. The number of halogens is 3. The van der Waals surface area contributed by atoms with Crippen molar-refractivity contribution in [1.29, 1.82) is 0 Å². The van der Waals surface area contributed by atoms with Crippen LogP contribution in [0, 0.1) is 0 Å². The molecular weight excluding hydrogens is 307 g/mol. The largest absolute Gasteiger partial charge is 0.573 e. The van der Waals surface area contributed by atoms with Gasteiger partial charge in [0.2, 0.25) is 0 Å². The number of hydrogen-bond acceptors (Lipinski definition) is 3. The molecule has 4 nitrogen and oxygen atoms in total. The Labute approximate surface area is 123 Å². The first-order chi connectivity index (χ1) is 9.40. The first kappa shape index (κ1) is 17.5. The standard InChI is InChI=1S/C13H16F3NO3S/c1-8(17-21(19)12(2,3)4)10-6-5-9(7-11(10)18)20-13(14,15)16/h5-7,18H,1-4H3/t21-/m0/s1. The van der Waals surface area contributed by atoms with Crippen molar-refractivity contribution in [2.75, 3.05) is 0 Å². The molecule has 1 aromatic carbocycles.